The average molecular weight is 251 g/mol. The van der Waals surface area contributed by atoms with Crippen LogP contribution in [0.3, 0.4) is 0 Å². The van der Waals surface area contributed by atoms with E-state index >= 15 is 0 Å². The Balaban J connectivity index is 1.52. The molecule has 1 aliphatic heterocycles. The van der Waals surface area contributed by atoms with Crippen LogP contribution in [-0.4, -0.2) is 51.7 Å². The smallest absolute Gasteiger partial charge is 0.273 e. The Morgan fingerprint density at radius 3 is 3.00 bits per heavy atom. The lowest BCUT2D eigenvalue weighted by Gasteiger charge is -2.26. The fourth-order valence-electron chi connectivity index (χ4n) is 1.96. The van der Waals surface area contributed by atoms with Gasteiger partial charge < -0.3 is 15.7 Å². The van der Waals surface area contributed by atoms with Crippen LogP contribution in [0.4, 0.5) is 0 Å². The minimum Gasteiger partial charge on any atom is -0.391 e. The van der Waals surface area contributed by atoms with Crippen molar-refractivity contribution in [3.8, 4) is 0 Å². The minimum atomic E-state index is -0.431. The molecule has 0 aromatic carbocycles. The van der Waals surface area contributed by atoms with Gasteiger partial charge in [0.15, 0.2) is 5.69 Å². The van der Waals surface area contributed by atoms with Crippen LogP contribution >= 0.6 is 0 Å². The Kier molecular flexibility index (Phi) is 3.00. The molecule has 1 saturated heterocycles. The Morgan fingerprint density at radius 1 is 1.61 bits per heavy atom. The highest BCUT2D eigenvalue weighted by Gasteiger charge is 2.30. The second-order valence-electron chi connectivity index (χ2n) is 5.01. The van der Waals surface area contributed by atoms with Crippen molar-refractivity contribution in [1.29, 1.82) is 0 Å². The van der Waals surface area contributed by atoms with Crippen LogP contribution in [0.2, 0.25) is 0 Å². The molecule has 1 saturated carbocycles. The first-order chi connectivity index (χ1) is 8.74. The highest BCUT2D eigenvalue weighted by Crippen LogP contribution is 2.32. The van der Waals surface area contributed by atoms with Gasteiger partial charge in [0.1, 0.15) is 0 Å². The normalized spacial score (nSPS) is 21.4. The molecule has 98 valence electrons. The quantitative estimate of drug-likeness (QED) is 0.619. The van der Waals surface area contributed by atoms with E-state index < -0.39 is 6.10 Å². The minimum absolute atomic E-state index is 0.270. The number of nitrogens with zero attached hydrogens (tertiary/aromatic N) is 3. The predicted molar refractivity (Wildman–Crippen MR) is 63.0 cm³/mol. The third kappa shape index (κ3) is 2.37. The standard InChI is InChI=1S/C11H17N5O2/c17-10(7-1-2-7)5-13-11(18)9-6-16(15-14-9)8-3-12-4-8/h6-8,10,12,17H,1-5H2,(H,13,18). The molecule has 0 spiro atoms. The van der Waals surface area contributed by atoms with E-state index in [9.17, 15) is 9.90 Å². The number of aromatic nitrogens is 3. The molecular weight excluding hydrogens is 234 g/mol. The summed E-state index contributed by atoms with van der Waals surface area (Å²) in [6.45, 7) is 2.02. The third-order valence-electron chi connectivity index (χ3n) is 3.51. The second-order valence-corrected chi connectivity index (χ2v) is 5.01. The first-order valence-electron chi connectivity index (χ1n) is 6.33. The van der Waals surface area contributed by atoms with E-state index in [-0.39, 0.29) is 5.91 Å². The first-order valence-corrected chi connectivity index (χ1v) is 6.33. The largest absolute Gasteiger partial charge is 0.391 e. The maximum atomic E-state index is 11.8. The molecule has 1 unspecified atom stereocenters. The van der Waals surface area contributed by atoms with E-state index in [1.54, 1.807) is 10.9 Å². The van der Waals surface area contributed by atoms with Crippen molar-refractivity contribution >= 4 is 5.91 Å². The monoisotopic (exact) mass is 251 g/mol. The van der Waals surface area contributed by atoms with E-state index in [2.05, 4.69) is 20.9 Å². The SMILES string of the molecule is O=C(NCC(O)C1CC1)c1cn(C2CNC2)nn1. The maximum absolute atomic E-state index is 11.8. The molecule has 7 heteroatoms. The molecule has 3 rings (SSSR count). The lowest BCUT2D eigenvalue weighted by Crippen LogP contribution is -2.43. The zero-order chi connectivity index (χ0) is 12.5. The average Bonchev–Trinajstić information content (AvgIpc) is 3.04. The van der Waals surface area contributed by atoms with Crippen molar-refractivity contribution in [1.82, 2.24) is 25.6 Å². The summed E-state index contributed by atoms with van der Waals surface area (Å²) in [5.41, 5.74) is 0.310. The fourth-order valence-corrected chi connectivity index (χ4v) is 1.96. The maximum Gasteiger partial charge on any atom is 0.273 e. The Labute approximate surface area is 105 Å². The van der Waals surface area contributed by atoms with Gasteiger partial charge in [-0.2, -0.15) is 0 Å². The topological polar surface area (TPSA) is 92.1 Å². The molecule has 18 heavy (non-hydrogen) atoms. The highest BCUT2D eigenvalue weighted by molar-refractivity contribution is 5.91. The Bertz CT molecular complexity index is 438. The van der Waals surface area contributed by atoms with E-state index in [0.717, 1.165) is 25.9 Å². The van der Waals surface area contributed by atoms with Gasteiger partial charge in [0.05, 0.1) is 18.3 Å². The van der Waals surface area contributed by atoms with Gasteiger partial charge in [-0.25, -0.2) is 4.68 Å². The summed E-state index contributed by atoms with van der Waals surface area (Å²) < 4.78 is 1.71. The molecule has 1 aromatic rings. The summed E-state index contributed by atoms with van der Waals surface area (Å²) in [5.74, 6) is 0.0928. The van der Waals surface area contributed by atoms with Crippen molar-refractivity contribution < 1.29 is 9.90 Å². The summed E-state index contributed by atoms with van der Waals surface area (Å²) in [5, 5.41) is 23.3. The Hall–Kier alpha value is -1.47. The summed E-state index contributed by atoms with van der Waals surface area (Å²) in [7, 11) is 0. The van der Waals surface area contributed by atoms with Gasteiger partial charge in [0.2, 0.25) is 0 Å². The molecule has 2 heterocycles. The van der Waals surface area contributed by atoms with Crippen molar-refractivity contribution in [2.24, 2.45) is 5.92 Å². The number of nitrogens with one attached hydrogen (secondary N) is 2. The molecule has 1 aliphatic carbocycles. The van der Waals surface area contributed by atoms with Crippen LogP contribution in [0.5, 0.6) is 0 Å². The van der Waals surface area contributed by atoms with Gasteiger partial charge >= 0.3 is 0 Å². The second kappa shape index (κ2) is 4.66. The number of amides is 1. The fraction of sp³-hybridized carbons (Fsp3) is 0.727. The van der Waals surface area contributed by atoms with Crippen LogP contribution in [0.1, 0.15) is 29.4 Å². The van der Waals surface area contributed by atoms with E-state index in [1.165, 1.54) is 0 Å². The number of carbonyl (C=O) groups is 1. The summed E-state index contributed by atoms with van der Waals surface area (Å²) in [6.07, 6.45) is 3.34. The predicted octanol–water partition coefficient (Wildman–Crippen LogP) is -1.08. The molecule has 2 aliphatic rings. The number of aliphatic hydroxyl groups is 1. The lowest BCUT2D eigenvalue weighted by molar-refractivity contribution is 0.0896. The third-order valence-corrected chi connectivity index (χ3v) is 3.51. The van der Waals surface area contributed by atoms with E-state index in [0.29, 0.717) is 24.2 Å². The van der Waals surface area contributed by atoms with Crippen molar-refractivity contribution in [3.05, 3.63) is 11.9 Å². The van der Waals surface area contributed by atoms with E-state index in [1.807, 2.05) is 0 Å². The molecular formula is C11H17N5O2. The van der Waals surface area contributed by atoms with Crippen molar-refractivity contribution in [2.75, 3.05) is 19.6 Å². The number of aliphatic hydroxyl groups excluding tert-OH is 1. The van der Waals surface area contributed by atoms with E-state index in [4.69, 9.17) is 0 Å². The molecule has 3 N–H and O–H groups in total. The zero-order valence-electron chi connectivity index (χ0n) is 10.0. The molecule has 1 amide bonds. The van der Waals surface area contributed by atoms with Crippen LogP contribution in [0.25, 0.3) is 0 Å². The van der Waals surface area contributed by atoms with Crippen LogP contribution in [0, 0.1) is 5.92 Å². The van der Waals surface area contributed by atoms with Crippen LogP contribution < -0.4 is 10.6 Å². The molecule has 2 fully saturated rings. The summed E-state index contributed by atoms with van der Waals surface area (Å²) in [4.78, 5) is 11.8. The number of hydrogen-bond donors (Lipinski definition) is 3. The van der Waals surface area contributed by atoms with Gasteiger partial charge in [-0.05, 0) is 18.8 Å². The number of hydrogen-bond acceptors (Lipinski definition) is 5. The Morgan fingerprint density at radius 2 is 2.39 bits per heavy atom. The van der Waals surface area contributed by atoms with Crippen LogP contribution in [0.15, 0.2) is 6.20 Å². The van der Waals surface area contributed by atoms with Crippen molar-refractivity contribution in [3.63, 3.8) is 0 Å². The number of rotatable bonds is 5. The van der Waals surface area contributed by atoms with Gasteiger partial charge in [0.25, 0.3) is 5.91 Å². The molecule has 1 aromatic heterocycles. The highest BCUT2D eigenvalue weighted by atomic mass is 16.3. The van der Waals surface area contributed by atoms with Crippen LogP contribution in [-0.2, 0) is 0 Å². The number of carbonyl (C=O) groups excluding carboxylic acids is 1. The van der Waals surface area contributed by atoms with Crippen molar-refractivity contribution in [2.45, 2.75) is 25.0 Å². The molecule has 7 nitrogen and oxygen atoms in total. The zero-order valence-corrected chi connectivity index (χ0v) is 10.0. The molecule has 0 radical (unpaired) electrons. The first kappa shape index (κ1) is 11.6. The molecule has 0 bridgehead atoms. The summed E-state index contributed by atoms with van der Waals surface area (Å²) in [6, 6.07) is 0.302. The van der Waals surface area contributed by atoms with Gasteiger partial charge in [-0.3, -0.25) is 4.79 Å². The van der Waals surface area contributed by atoms with Gasteiger partial charge in [-0.15, -0.1) is 5.10 Å². The van der Waals surface area contributed by atoms with Gasteiger partial charge in [0, 0.05) is 19.6 Å². The lowest BCUT2D eigenvalue weighted by atomic mass is 10.2. The summed E-state index contributed by atoms with van der Waals surface area (Å²) >= 11 is 0. The van der Waals surface area contributed by atoms with Gasteiger partial charge in [-0.1, -0.05) is 5.21 Å². The molecule has 1 atom stereocenters.